The second-order valence-corrected chi connectivity index (χ2v) is 5.45. The van der Waals surface area contributed by atoms with E-state index in [0.29, 0.717) is 21.0 Å². The van der Waals surface area contributed by atoms with Crippen molar-refractivity contribution in [2.24, 2.45) is 7.05 Å². The number of nitrogens with zero attached hydrogens (tertiary/aromatic N) is 3. The minimum atomic E-state index is -0.929. The van der Waals surface area contributed by atoms with Gasteiger partial charge in [-0.25, -0.2) is 14.1 Å². The molecule has 19 heavy (non-hydrogen) atoms. The fourth-order valence-electron chi connectivity index (χ4n) is 1.41. The molecule has 2 aromatic rings. The molecule has 0 saturated heterocycles. The van der Waals surface area contributed by atoms with Crippen molar-refractivity contribution in [3.63, 3.8) is 0 Å². The molecule has 0 fully saturated rings. The molecule has 0 bridgehead atoms. The van der Waals surface area contributed by atoms with E-state index in [1.807, 2.05) is 0 Å². The summed E-state index contributed by atoms with van der Waals surface area (Å²) in [6, 6.07) is 4.23. The second-order valence-electron chi connectivity index (χ2n) is 3.65. The molecule has 5 nitrogen and oxygen atoms in total. The van der Waals surface area contributed by atoms with E-state index in [1.54, 1.807) is 13.1 Å². The quantitative estimate of drug-likeness (QED) is 0.862. The zero-order valence-corrected chi connectivity index (χ0v) is 12.2. The van der Waals surface area contributed by atoms with E-state index in [4.69, 9.17) is 5.11 Å². The summed E-state index contributed by atoms with van der Waals surface area (Å²) in [6.45, 7) is 0. The van der Waals surface area contributed by atoms with Gasteiger partial charge in [-0.05, 0) is 18.2 Å². The molecule has 0 unspecified atom stereocenters. The highest BCUT2D eigenvalue weighted by molar-refractivity contribution is 9.10. The summed E-state index contributed by atoms with van der Waals surface area (Å²) in [5, 5.41) is 13.3. The highest BCUT2D eigenvalue weighted by Gasteiger charge is 2.14. The van der Waals surface area contributed by atoms with Gasteiger partial charge in [0.15, 0.2) is 11.0 Å². The van der Waals surface area contributed by atoms with Crippen molar-refractivity contribution in [2.45, 2.75) is 5.16 Å². The normalized spacial score (nSPS) is 10.7. The predicted molar refractivity (Wildman–Crippen MR) is 72.5 cm³/mol. The zero-order valence-electron chi connectivity index (χ0n) is 9.80. The summed E-state index contributed by atoms with van der Waals surface area (Å²) in [5.74, 6) is -1.07. The van der Waals surface area contributed by atoms with Crippen LogP contribution >= 0.6 is 27.7 Å². The lowest BCUT2D eigenvalue weighted by Gasteiger charge is -1.98. The number of hydrogen-bond donors (Lipinski definition) is 1. The van der Waals surface area contributed by atoms with Crippen molar-refractivity contribution in [1.82, 2.24) is 14.8 Å². The van der Waals surface area contributed by atoms with E-state index in [2.05, 4.69) is 26.0 Å². The fraction of sp³-hybridized carbons (Fsp3) is 0.182. The summed E-state index contributed by atoms with van der Waals surface area (Å²) in [6.07, 6.45) is 0. The van der Waals surface area contributed by atoms with Gasteiger partial charge in [0.1, 0.15) is 5.82 Å². The molecule has 1 N–H and O–H groups in total. The average molecular weight is 346 g/mol. The third-order valence-corrected chi connectivity index (χ3v) is 3.91. The lowest BCUT2D eigenvalue weighted by atomic mass is 10.2. The molecule has 0 amide bonds. The maximum Gasteiger partial charge on any atom is 0.313 e. The first-order chi connectivity index (χ1) is 8.97. The molecule has 0 radical (unpaired) electrons. The smallest absolute Gasteiger partial charge is 0.313 e. The summed E-state index contributed by atoms with van der Waals surface area (Å²) < 4.78 is 15.4. The molecule has 100 valence electrons. The van der Waals surface area contributed by atoms with Crippen LogP contribution in [0.15, 0.2) is 27.8 Å². The van der Waals surface area contributed by atoms with Gasteiger partial charge in [0.05, 0.1) is 5.75 Å². The van der Waals surface area contributed by atoms with Gasteiger partial charge < -0.3 is 5.11 Å². The Morgan fingerprint density at radius 1 is 1.58 bits per heavy atom. The average Bonchev–Trinajstić information content (AvgIpc) is 2.71. The first-order valence-electron chi connectivity index (χ1n) is 5.18. The molecule has 0 spiro atoms. The molecular formula is C11H9BrFN3O2S. The van der Waals surface area contributed by atoms with Crippen LogP contribution in [0.1, 0.15) is 0 Å². The van der Waals surface area contributed by atoms with Gasteiger partial charge in [0, 0.05) is 17.1 Å². The topological polar surface area (TPSA) is 68.0 Å². The molecule has 0 aliphatic heterocycles. The molecule has 1 aromatic carbocycles. The van der Waals surface area contributed by atoms with Gasteiger partial charge in [0.2, 0.25) is 0 Å². The first kappa shape index (κ1) is 14.0. The van der Waals surface area contributed by atoms with Gasteiger partial charge in [0.25, 0.3) is 0 Å². The lowest BCUT2D eigenvalue weighted by Crippen LogP contribution is -2.00. The van der Waals surface area contributed by atoms with Gasteiger partial charge in [-0.15, -0.1) is 0 Å². The van der Waals surface area contributed by atoms with Gasteiger partial charge in [-0.2, -0.15) is 5.10 Å². The highest BCUT2D eigenvalue weighted by Crippen LogP contribution is 2.28. The number of aryl methyl sites for hydroxylation is 1. The van der Waals surface area contributed by atoms with Crippen molar-refractivity contribution in [3.8, 4) is 11.4 Å². The van der Waals surface area contributed by atoms with Crippen molar-refractivity contribution < 1.29 is 14.3 Å². The molecule has 1 heterocycles. The van der Waals surface area contributed by atoms with E-state index >= 15 is 0 Å². The van der Waals surface area contributed by atoms with Crippen LogP contribution < -0.4 is 0 Å². The first-order valence-corrected chi connectivity index (χ1v) is 6.96. The van der Waals surface area contributed by atoms with Crippen LogP contribution in [0.25, 0.3) is 11.4 Å². The molecule has 0 saturated carbocycles. The van der Waals surface area contributed by atoms with Gasteiger partial charge in [-0.3, -0.25) is 4.79 Å². The number of halogens is 2. The SMILES string of the molecule is Cn1nc(-c2cc(F)ccc2Br)nc1SCC(=O)O. The predicted octanol–water partition coefficient (Wildman–Crippen LogP) is 2.56. The minimum Gasteiger partial charge on any atom is -0.481 e. The van der Waals surface area contributed by atoms with Crippen molar-refractivity contribution >= 4 is 33.7 Å². The third kappa shape index (κ3) is 3.32. The van der Waals surface area contributed by atoms with E-state index < -0.39 is 5.97 Å². The van der Waals surface area contributed by atoms with Gasteiger partial charge in [-0.1, -0.05) is 27.7 Å². The number of carbonyl (C=O) groups is 1. The number of aromatic nitrogens is 3. The van der Waals surface area contributed by atoms with Gasteiger partial charge >= 0.3 is 5.97 Å². The lowest BCUT2D eigenvalue weighted by molar-refractivity contribution is -0.133. The number of aliphatic carboxylic acids is 1. The van der Waals surface area contributed by atoms with Crippen LogP contribution in [-0.2, 0) is 11.8 Å². The van der Waals surface area contributed by atoms with Crippen LogP contribution in [0.2, 0.25) is 0 Å². The Kier molecular flexibility index (Phi) is 4.20. The maximum absolute atomic E-state index is 13.2. The Morgan fingerprint density at radius 3 is 3.00 bits per heavy atom. The molecule has 2 rings (SSSR count). The summed E-state index contributed by atoms with van der Waals surface area (Å²) in [5.41, 5.74) is 0.526. The number of benzene rings is 1. The Bertz CT molecular complexity index is 632. The molecule has 1 aromatic heterocycles. The molecule has 0 atom stereocenters. The van der Waals surface area contributed by atoms with Crippen molar-refractivity contribution in [2.75, 3.05) is 5.75 Å². The molecular weight excluding hydrogens is 337 g/mol. The number of carboxylic acid groups (broad SMARTS) is 1. The third-order valence-electron chi connectivity index (χ3n) is 2.22. The summed E-state index contributed by atoms with van der Waals surface area (Å²) in [7, 11) is 1.66. The maximum atomic E-state index is 13.2. The van der Waals surface area contributed by atoms with E-state index in [-0.39, 0.29) is 11.6 Å². The van der Waals surface area contributed by atoms with E-state index in [0.717, 1.165) is 11.8 Å². The minimum absolute atomic E-state index is 0.101. The molecule has 8 heteroatoms. The Labute approximate surface area is 121 Å². The largest absolute Gasteiger partial charge is 0.481 e. The summed E-state index contributed by atoms with van der Waals surface area (Å²) >= 11 is 4.37. The second kappa shape index (κ2) is 5.70. The van der Waals surface area contributed by atoms with Crippen molar-refractivity contribution in [1.29, 1.82) is 0 Å². The number of rotatable bonds is 4. The molecule has 0 aliphatic rings. The van der Waals surface area contributed by atoms with Crippen LogP contribution in [0.3, 0.4) is 0 Å². The standard InChI is InChI=1S/C11H9BrFN3O2S/c1-16-11(19-5-9(17)18)14-10(15-16)7-4-6(13)2-3-8(7)12/h2-4H,5H2,1H3,(H,17,18). The number of thioether (sulfide) groups is 1. The van der Waals surface area contributed by atoms with Crippen molar-refractivity contribution in [3.05, 3.63) is 28.5 Å². The van der Waals surface area contributed by atoms with Crippen LogP contribution in [0, 0.1) is 5.82 Å². The number of carboxylic acids is 1. The van der Waals surface area contributed by atoms with E-state index in [9.17, 15) is 9.18 Å². The Morgan fingerprint density at radius 2 is 2.32 bits per heavy atom. The highest BCUT2D eigenvalue weighted by atomic mass is 79.9. The van der Waals surface area contributed by atoms with E-state index in [1.165, 1.54) is 16.8 Å². The Balaban J connectivity index is 2.33. The zero-order chi connectivity index (χ0) is 14.0. The van der Waals surface area contributed by atoms with Crippen LogP contribution in [0.5, 0.6) is 0 Å². The molecule has 0 aliphatic carbocycles. The van der Waals surface area contributed by atoms with Crippen LogP contribution in [0.4, 0.5) is 4.39 Å². The Hall–Kier alpha value is -1.41. The number of hydrogen-bond acceptors (Lipinski definition) is 4. The summed E-state index contributed by atoms with van der Waals surface area (Å²) in [4.78, 5) is 14.7. The fourth-order valence-corrected chi connectivity index (χ4v) is 2.46. The van der Waals surface area contributed by atoms with Crippen LogP contribution in [-0.4, -0.2) is 31.6 Å². The monoisotopic (exact) mass is 345 g/mol.